The van der Waals surface area contributed by atoms with Gasteiger partial charge >= 0.3 is 0 Å². The van der Waals surface area contributed by atoms with E-state index in [1.165, 1.54) is 0 Å². The van der Waals surface area contributed by atoms with Crippen LogP contribution >= 0.6 is 7.60 Å². The summed E-state index contributed by atoms with van der Waals surface area (Å²) in [7, 11) is -3.72. The molecule has 0 heterocycles. The minimum absolute atomic E-state index is 0.356. The van der Waals surface area contributed by atoms with Gasteiger partial charge < -0.3 is 9.42 Å². The quantitative estimate of drug-likeness (QED) is 0.731. The summed E-state index contributed by atoms with van der Waals surface area (Å²) in [5.74, 6) is 0.356. The van der Waals surface area contributed by atoms with Crippen LogP contribution in [0.3, 0.4) is 0 Å². The highest BCUT2D eigenvalue weighted by atomic mass is 31.2. The van der Waals surface area contributed by atoms with Gasteiger partial charge in [0.15, 0.2) is 7.60 Å². The molecule has 2 rings (SSSR count). The van der Waals surface area contributed by atoms with E-state index >= 15 is 0 Å². The predicted molar refractivity (Wildman–Crippen MR) is 58.1 cm³/mol. The summed E-state index contributed by atoms with van der Waals surface area (Å²) in [4.78, 5) is 10.9. The van der Waals surface area contributed by atoms with Crippen molar-refractivity contribution < 1.29 is 14.0 Å². The first-order valence-electron chi connectivity index (χ1n) is 4.51. The molecule has 0 aliphatic rings. The second kappa shape index (κ2) is 3.69. The molecular formula is C11H10O3P-. The van der Waals surface area contributed by atoms with E-state index in [2.05, 4.69) is 0 Å². The van der Waals surface area contributed by atoms with E-state index in [1.54, 1.807) is 12.1 Å². The van der Waals surface area contributed by atoms with Crippen LogP contribution in [0.2, 0.25) is 0 Å². The van der Waals surface area contributed by atoms with Crippen molar-refractivity contribution in [3.63, 3.8) is 0 Å². The Kier molecular flexibility index (Phi) is 2.51. The van der Waals surface area contributed by atoms with E-state index in [0.29, 0.717) is 5.75 Å². The second-order valence-electron chi connectivity index (χ2n) is 3.37. The van der Waals surface area contributed by atoms with E-state index in [1.807, 2.05) is 30.3 Å². The van der Waals surface area contributed by atoms with Crippen molar-refractivity contribution in [1.29, 1.82) is 0 Å². The minimum Gasteiger partial charge on any atom is -0.769 e. The smallest absolute Gasteiger partial charge is 0.181 e. The van der Waals surface area contributed by atoms with Gasteiger partial charge in [0.25, 0.3) is 0 Å². The summed E-state index contributed by atoms with van der Waals surface area (Å²) in [5, 5.41) is 2.02. The van der Waals surface area contributed by atoms with Gasteiger partial charge in [0.05, 0.1) is 0 Å². The van der Waals surface area contributed by atoms with Gasteiger partial charge in [-0.3, -0.25) is 4.57 Å². The summed E-state index contributed by atoms with van der Waals surface area (Å²) in [6.45, 7) is 1.06. The third-order valence-corrected chi connectivity index (χ3v) is 2.53. The molecule has 2 aromatic carbocycles. The Morgan fingerprint density at radius 3 is 2.47 bits per heavy atom. The van der Waals surface area contributed by atoms with E-state index in [4.69, 9.17) is 4.52 Å². The van der Waals surface area contributed by atoms with Crippen molar-refractivity contribution in [1.82, 2.24) is 0 Å². The molecule has 1 unspecified atom stereocenters. The molecule has 0 saturated carbocycles. The molecule has 2 aromatic rings. The maximum atomic E-state index is 10.9. The van der Waals surface area contributed by atoms with Crippen LogP contribution in [0.1, 0.15) is 0 Å². The second-order valence-corrected chi connectivity index (χ2v) is 5.10. The number of hydrogen-bond acceptors (Lipinski definition) is 3. The van der Waals surface area contributed by atoms with E-state index < -0.39 is 7.60 Å². The normalized spacial score (nSPS) is 14.8. The van der Waals surface area contributed by atoms with Gasteiger partial charge in [-0.25, -0.2) is 0 Å². The third kappa shape index (κ3) is 2.58. The number of hydrogen-bond donors (Lipinski definition) is 0. The Bertz CT molecular complexity index is 530. The van der Waals surface area contributed by atoms with Crippen molar-refractivity contribution in [2.24, 2.45) is 0 Å². The first-order valence-corrected chi connectivity index (χ1v) is 6.50. The standard InChI is InChI=1S/C11H11O3P/c1-15(12,13)14-11-7-6-9-4-2-3-5-10(9)8-11/h2-8H,1H3,(H,12,13)/p-1. The average molecular weight is 221 g/mol. The lowest BCUT2D eigenvalue weighted by atomic mass is 10.1. The Balaban J connectivity index is 2.43. The molecule has 0 spiro atoms. The Morgan fingerprint density at radius 1 is 1.13 bits per heavy atom. The molecule has 3 nitrogen and oxygen atoms in total. The summed E-state index contributed by atoms with van der Waals surface area (Å²) in [6.07, 6.45) is 0. The molecule has 78 valence electrons. The number of benzene rings is 2. The summed E-state index contributed by atoms with van der Waals surface area (Å²) < 4.78 is 15.8. The fraction of sp³-hybridized carbons (Fsp3) is 0.0909. The molecule has 0 saturated heterocycles. The van der Waals surface area contributed by atoms with Gasteiger partial charge in [-0.2, -0.15) is 0 Å². The largest absolute Gasteiger partial charge is 0.769 e. The van der Waals surface area contributed by atoms with Crippen molar-refractivity contribution in [2.45, 2.75) is 0 Å². The highest BCUT2D eigenvalue weighted by Gasteiger charge is 2.02. The minimum atomic E-state index is -3.72. The molecule has 0 aliphatic heterocycles. The Morgan fingerprint density at radius 2 is 1.80 bits per heavy atom. The van der Waals surface area contributed by atoms with E-state index in [-0.39, 0.29) is 0 Å². The van der Waals surface area contributed by atoms with E-state index in [9.17, 15) is 9.46 Å². The highest BCUT2D eigenvalue weighted by Crippen LogP contribution is 2.34. The molecule has 15 heavy (non-hydrogen) atoms. The third-order valence-electron chi connectivity index (χ3n) is 1.99. The Labute approximate surface area is 87.8 Å². The molecule has 0 aliphatic carbocycles. The van der Waals surface area contributed by atoms with Crippen molar-refractivity contribution in [3.8, 4) is 5.75 Å². The van der Waals surface area contributed by atoms with Gasteiger partial charge in [0, 0.05) is 6.66 Å². The fourth-order valence-electron chi connectivity index (χ4n) is 1.42. The molecule has 0 N–H and O–H groups in total. The zero-order valence-corrected chi connectivity index (χ0v) is 9.11. The monoisotopic (exact) mass is 221 g/mol. The number of fused-ring (bicyclic) bond motifs is 1. The molecule has 4 heteroatoms. The van der Waals surface area contributed by atoms with Crippen molar-refractivity contribution in [2.75, 3.05) is 6.66 Å². The zero-order chi connectivity index (χ0) is 10.9. The van der Waals surface area contributed by atoms with Crippen molar-refractivity contribution >= 4 is 18.4 Å². The van der Waals surface area contributed by atoms with Crippen LogP contribution in [0.4, 0.5) is 0 Å². The molecular weight excluding hydrogens is 211 g/mol. The lowest BCUT2D eigenvalue weighted by Gasteiger charge is -2.19. The van der Waals surface area contributed by atoms with Crippen molar-refractivity contribution in [3.05, 3.63) is 42.5 Å². The Hall–Kier alpha value is -1.31. The van der Waals surface area contributed by atoms with Crippen LogP contribution in [-0.4, -0.2) is 6.66 Å². The van der Waals surface area contributed by atoms with Crippen LogP contribution in [0.25, 0.3) is 10.8 Å². The van der Waals surface area contributed by atoms with Crippen LogP contribution in [-0.2, 0) is 4.57 Å². The van der Waals surface area contributed by atoms with Gasteiger partial charge in [0.1, 0.15) is 5.75 Å². The maximum absolute atomic E-state index is 10.9. The molecule has 1 atom stereocenters. The summed E-state index contributed by atoms with van der Waals surface area (Å²) in [5.41, 5.74) is 0. The lowest BCUT2D eigenvalue weighted by Crippen LogP contribution is -2.04. The average Bonchev–Trinajstić information content (AvgIpc) is 2.15. The summed E-state index contributed by atoms with van der Waals surface area (Å²) >= 11 is 0. The van der Waals surface area contributed by atoms with Gasteiger partial charge in [-0.05, 0) is 22.9 Å². The lowest BCUT2D eigenvalue weighted by molar-refractivity contribution is -0.188. The van der Waals surface area contributed by atoms with Crippen LogP contribution in [0.5, 0.6) is 5.75 Å². The van der Waals surface area contributed by atoms with Gasteiger partial charge in [-0.1, -0.05) is 30.3 Å². The maximum Gasteiger partial charge on any atom is 0.181 e. The van der Waals surface area contributed by atoms with Crippen LogP contribution in [0.15, 0.2) is 42.5 Å². The predicted octanol–water partition coefficient (Wildman–Crippen LogP) is 2.40. The van der Waals surface area contributed by atoms with Crippen LogP contribution < -0.4 is 9.42 Å². The van der Waals surface area contributed by atoms with Gasteiger partial charge in [-0.15, -0.1) is 0 Å². The van der Waals surface area contributed by atoms with Crippen LogP contribution in [0, 0.1) is 0 Å². The fourth-order valence-corrected chi connectivity index (χ4v) is 1.91. The molecule has 0 radical (unpaired) electrons. The molecule has 0 fully saturated rings. The SMILES string of the molecule is CP(=O)([O-])Oc1ccc2ccccc2c1. The summed E-state index contributed by atoms with van der Waals surface area (Å²) in [6, 6.07) is 12.9. The number of rotatable bonds is 2. The topological polar surface area (TPSA) is 49.4 Å². The first-order chi connectivity index (χ1) is 7.04. The molecule has 0 aromatic heterocycles. The first kappa shape index (κ1) is 10.2. The molecule has 0 bridgehead atoms. The van der Waals surface area contributed by atoms with E-state index in [0.717, 1.165) is 17.4 Å². The zero-order valence-electron chi connectivity index (χ0n) is 8.21. The molecule has 0 amide bonds. The van der Waals surface area contributed by atoms with Gasteiger partial charge in [0.2, 0.25) is 0 Å². The highest BCUT2D eigenvalue weighted by molar-refractivity contribution is 7.50.